The molecule has 0 saturated heterocycles. The summed E-state index contributed by atoms with van der Waals surface area (Å²) >= 11 is 0. The Morgan fingerprint density at radius 1 is 0.845 bits per heavy atom. The van der Waals surface area contributed by atoms with Gasteiger partial charge in [-0.05, 0) is 121 Å². The third kappa shape index (κ3) is 5.74. The molecule has 9 heteroatoms. The minimum Gasteiger partial charge on any atom is -0.481 e. The molecule has 9 nitrogen and oxygen atoms in total. The van der Waals surface area contributed by atoms with Crippen molar-refractivity contribution in [1.82, 2.24) is 10.3 Å². The van der Waals surface area contributed by atoms with Gasteiger partial charge in [-0.2, -0.15) is 0 Å². The molecular weight excluding hydrogens is 729 g/mol. The summed E-state index contributed by atoms with van der Waals surface area (Å²) in [5, 5.41) is 25.9. The number of ether oxygens (including phenoxy) is 1. The number of rotatable bonds is 8. The van der Waals surface area contributed by atoms with Crippen LogP contribution in [0.25, 0.3) is 10.9 Å². The van der Waals surface area contributed by atoms with Gasteiger partial charge in [-0.15, -0.1) is 0 Å². The van der Waals surface area contributed by atoms with E-state index in [4.69, 9.17) is 4.74 Å². The Kier molecular flexibility index (Phi) is 9.74. The molecule has 0 unspecified atom stereocenters. The summed E-state index contributed by atoms with van der Waals surface area (Å²) in [6.45, 7) is 20.2. The van der Waals surface area contributed by atoms with Crippen LogP contribution in [-0.4, -0.2) is 57.6 Å². The summed E-state index contributed by atoms with van der Waals surface area (Å²) in [5.74, 6) is -1.19. The Balaban J connectivity index is 1.03. The quantitative estimate of drug-likeness (QED) is 0.225. The van der Waals surface area contributed by atoms with Crippen molar-refractivity contribution < 1.29 is 34.1 Å². The molecule has 6 aliphatic carbocycles. The SMILES string of the molecule is CC(C)C1=C2[C@H]3CC[C@@H]4[C@@]5(C)CC[C@H](OC(=O)[C@H]6C[C@@H](C(=O)O)C6(C)C)C(C)(C)[C@@H]5CC[C@@]4(C)[C@]3(C)CC[C@@]2([C@@H](O)CNC(=O)c2ccc3ccccc3n2)CC1=O. The number of aliphatic carboxylic acids is 1. The fourth-order valence-corrected chi connectivity index (χ4v) is 14.9. The molecule has 6 aliphatic rings. The number of ketones is 1. The average Bonchev–Trinajstić information content (AvgIpc) is 3.47. The van der Waals surface area contributed by atoms with Crippen LogP contribution in [0.15, 0.2) is 47.5 Å². The molecule has 3 N–H and O–H groups in total. The zero-order chi connectivity index (χ0) is 42.0. The molecular formula is C49H66N2O7. The van der Waals surface area contributed by atoms with Gasteiger partial charge in [0.1, 0.15) is 11.8 Å². The minimum absolute atomic E-state index is 0.00360. The van der Waals surface area contributed by atoms with Gasteiger partial charge in [0.15, 0.2) is 5.78 Å². The maximum absolute atomic E-state index is 14.2. The lowest BCUT2D eigenvalue weighted by Crippen LogP contribution is -2.66. The Morgan fingerprint density at radius 2 is 1.57 bits per heavy atom. The molecule has 0 bridgehead atoms. The van der Waals surface area contributed by atoms with E-state index in [1.54, 1.807) is 6.07 Å². The number of carbonyl (C=O) groups excluding carboxylic acids is 3. The Morgan fingerprint density at radius 3 is 2.26 bits per heavy atom. The number of aromatic nitrogens is 1. The normalized spacial score (nSPS) is 39.1. The van der Waals surface area contributed by atoms with Gasteiger partial charge in [0, 0.05) is 29.2 Å². The van der Waals surface area contributed by atoms with Crippen LogP contribution in [0.3, 0.4) is 0 Å². The number of fused-ring (bicyclic) bond motifs is 8. The van der Waals surface area contributed by atoms with Gasteiger partial charge in [-0.1, -0.05) is 92.2 Å². The fourth-order valence-electron chi connectivity index (χ4n) is 14.9. The van der Waals surface area contributed by atoms with E-state index >= 15 is 0 Å². The lowest BCUT2D eigenvalue weighted by Gasteiger charge is -2.72. The molecule has 1 heterocycles. The summed E-state index contributed by atoms with van der Waals surface area (Å²) in [6.07, 6.45) is 6.95. The zero-order valence-corrected chi connectivity index (χ0v) is 36.2. The molecule has 2 aromatic rings. The first-order valence-corrected chi connectivity index (χ1v) is 22.2. The van der Waals surface area contributed by atoms with Crippen molar-refractivity contribution >= 4 is 34.5 Å². The van der Waals surface area contributed by atoms with E-state index in [-0.39, 0.29) is 70.2 Å². The summed E-state index contributed by atoms with van der Waals surface area (Å²) in [4.78, 5) is 57.6. The smallest absolute Gasteiger partial charge is 0.309 e. The second-order valence-electron chi connectivity index (χ2n) is 21.8. The highest BCUT2D eigenvalue weighted by Crippen LogP contribution is 2.77. The number of hydrogen-bond acceptors (Lipinski definition) is 7. The monoisotopic (exact) mass is 794 g/mol. The Labute approximate surface area is 344 Å². The Bertz CT molecular complexity index is 2090. The highest BCUT2D eigenvalue weighted by atomic mass is 16.5. The van der Waals surface area contributed by atoms with Gasteiger partial charge in [0.2, 0.25) is 0 Å². The number of carboxylic acids is 1. The number of para-hydroxylation sites is 1. The van der Waals surface area contributed by atoms with E-state index in [1.807, 2.05) is 44.2 Å². The van der Waals surface area contributed by atoms with Gasteiger partial charge in [-0.3, -0.25) is 19.2 Å². The molecule has 1 amide bonds. The summed E-state index contributed by atoms with van der Waals surface area (Å²) in [7, 11) is 0. The largest absolute Gasteiger partial charge is 0.481 e. The number of amides is 1. The lowest BCUT2D eigenvalue weighted by atomic mass is 9.33. The first-order valence-electron chi connectivity index (χ1n) is 22.2. The number of allylic oxidation sites excluding steroid dienone is 1. The second-order valence-corrected chi connectivity index (χ2v) is 21.8. The number of nitrogens with zero attached hydrogens (tertiary/aromatic N) is 1. The number of carbonyl (C=O) groups is 4. The van der Waals surface area contributed by atoms with E-state index in [0.29, 0.717) is 30.4 Å². The molecule has 5 fully saturated rings. The predicted molar refractivity (Wildman–Crippen MR) is 222 cm³/mol. The van der Waals surface area contributed by atoms with Gasteiger partial charge in [-0.25, -0.2) is 4.98 Å². The first-order chi connectivity index (χ1) is 27.1. The summed E-state index contributed by atoms with van der Waals surface area (Å²) in [6, 6.07) is 11.3. The molecule has 1 aromatic carbocycles. The second kappa shape index (κ2) is 13.7. The van der Waals surface area contributed by atoms with Gasteiger partial charge in [0.05, 0.1) is 23.5 Å². The fraction of sp³-hybridized carbons (Fsp3) is 0.694. The molecule has 11 atom stereocenters. The van der Waals surface area contributed by atoms with Crippen molar-refractivity contribution in [3.63, 3.8) is 0 Å². The zero-order valence-electron chi connectivity index (χ0n) is 36.2. The van der Waals surface area contributed by atoms with Crippen LogP contribution in [0.1, 0.15) is 137 Å². The van der Waals surface area contributed by atoms with Crippen molar-refractivity contribution in [2.45, 2.75) is 139 Å². The molecule has 0 radical (unpaired) electrons. The highest BCUT2D eigenvalue weighted by Gasteiger charge is 2.71. The number of aliphatic hydroxyl groups is 1. The number of benzene rings is 1. The molecule has 314 valence electrons. The average molecular weight is 795 g/mol. The predicted octanol–water partition coefficient (Wildman–Crippen LogP) is 8.96. The van der Waals surface area contributed by atoms with Crippen LogP contribution in [0.5, 0.6) is 0 Å². The van der Waals surface area contributed by atoms with Crippen LogP contribution >= 0.6 is 0 Å². The van der Waals surface area contributed by atoms with Gasteiger partial charge in [0.25, 0.3) is 5.91 Å². The van der Waals surface area contributed by atoms with Crippen LogP contribution in [0, 0.1) is 68.0 Å². The third-order valence-electron chi connectivity index (χ3n) is 18.5. The van der Waals surface area contributed by atoms with E-state index in [2.05, 4.69) is 58.8 Å². The number of esters is 1. The third-order valence-corrected chi connectivity index (χ3v) is 18.5. The number of hydrogen-bond donors (Lipinski definition) is 3. The topological polar surface area (TPSA) is 143 Å². The number of aliphatic hydroxyl groups excluding tert-OH is 1. The Hall–Kier alpha value is -3.59. The standard InChI is InChI=1S/C49H66N2O7/c1-27(2)39-34(52)25-49(37(53)26-50-41(54)33-16-14-28-12-10-11-13-32(28)51-33)23-22-47(8)29(40(39)49)15-17-36-46(7)20-19-38(45(5,6)35(46)18-21-48(36,47)9)58-43(57)31-24-30(42(55)56)44(31,3)4/h10-14,16,27,29-31,35-38,53H,15,17-26H2,1-9H3,(H,50,54)(H,55,56)/t29-,30+,31-,35+,36-,37+,38+,46+,47-,48-,49+/m1/s1. The van der Waals surface area contributed by atoms with E-state index in [9.17, 15) is 29.4 Å². The van der Waals surface area contributed by atoms with Crippen molar-refractivity contribution in [1.29, 1.82) is 0 Å². The van der Waals surface area contributed by atoms with Gasteiger partial charge < -0.3 is 20.3 Å². The van der Waals surface area contributed by atoms with Crippen molar-refractivity contribution in [2.75, 3.05) is 6.54 Å². The van der Waals surface area contributed by atoms with Gasteiger partial charge >= 0.3 is 11.9 Å². The maximum atomic E-state index is 14.2. The molecule has 8 rings (SSSR count). The van der Waals surface area contributed by atoms with Crippen LogP contribution < -0.4 is 5.32 Å². The van der Waals surface area contributed by atoms with Crippen molar-refractivity contribution in [3.05, 3.63) is 53.2 Å². The molecule has 0 spiro atoms. The summed E-state index contributed by atoms with van der Waals surface area (Å²) < 4.78 is 6.41. The molecule has 58 heavy (non-hydrogen) atoms. The lowest BCUT2D eigenvalue weighted by molar-refractivity contribution is -0.238. The van der Waals surface area contributed by atoms with Crippen LogP contribution in [-0.2, 0) is 19.1 Å². The van der Waals surface area contributed by atoms with Crippen LogP contribution in [0.4, 0.5) is 0 Å². The van der Waals surface area contributed by atoms with E-state index in [0.717, 1.165) is 61.4 Å². The van der Waals surface area contributed by atoms with E-state index in [1.165, 1.54) is 5.57 Å². The van der Waals surface area contributed by atoms with Crippen LogP contribution in [0.2, 0.25) is 0 Å². The van der Waals surface area contributed by atoms with Crippen molar-refractivity contribution in [3.8, 4) is 0 Å². The number of carboxylic acid groups (broad SMARTS) is 1. The number of pyridine rings is 1. The summed E-state index contributed by atoms with van der Waals surface area (Å²) in [5.41, 5.74) is 1.51. The number of Topliss-reactive ketones (excluding diaryl/α,β-unsaturated/α-hetero) is 1. The molecule has 0 aliphatic heterocycles. The van der Waals surface area contributed by atoms with Crippen molar-refractivity contribution in [2.24, 2.45) is 68.0 Å². The van der Waals surface area contributed by atoms with E-state index < -0.39 is 34.7 Å². The minimum atomic E-state index is -0.908. The highest BCUT2D eigenvalue weighted by molar-refractivity contribution is 6.01. The maximum Gasteiger partial charge on any atom is 0.309 e. The first kappa shape index (κ1) is 41.2. The molecule has 1 aromatic heterocycles. The number of nitrogens with one attached hydrogen (secondary N) is 1. The molecule has 5 saturated carbocycles.